The maximum absolute atomic E-state index is 12.3. The van der Waals surface area contributed by atoms with Gasteiger partial charge in [0.25, 0.3) is 0 Å². The molecule has 0 bridgehead atoms. The molecule has 148 valence electrons. The van der Waals surface area contributed by atoms with Crippen LogP contribution in [0.4, 0.5) is 0 Å². The zero-order valence-electron chi connectivity index (χ0n) is 15.9. The van der Waals surface area contributed by atoms with E-state index < -0.39 is 0 Å². The summed E-state index contributed by atoms with van der Waals surface area (Å²) < 4.78 is 5.54. The van der Waals surface area contributed by atoms with Crippen LogP contribution in [0, 0.1) is 23.2 Å². The van der Waals surface area contributed by atoms with E-state index in [0.717, 1.165) is 31.5 Å². The van der Waals surface area contributed by atoms with E-state index in [1.165, 1.54) is 0 Å². The summed E-state index contributed by atoms with van der Waals surface area (Å²) in [5, 5.41) is 12.4. The average molecular weight is 382 g/mol. The number of rotatable bonds is 7. The first-order chi connectivity index (χ1) is 13.7. The molecule has 7 nitrogen and oxygen atoms in total. The standard InChI is InChI=1S/C21H26N4O3/c22-9-16-7-4-8-25(16)19(26)10-23-21-17-11-24(12-18(17)21)20(27)14-28-13-15-5-2-1-3-6-15/h1-3,5-6,16-18,21,23H,4,7-8,10-14H2/t16-,17?,18?,21?/m0/s1. The molecule has 1 N–H and O–H groups in total. The van der Waals surface area contributed by atoms with Crippen LogP contribution in [0.5, 0.6) is 0 Å². The highest BCUT2D eigenvalue weighted by Gasteiger charge is 2.56. The number of nitrogens with one attached hydrogen (secondary N) is 1. The SMILES string of the molecule is N#C[C@@H]1CCCN1C(=O)CNC1C2CN(C(=O)COCc3ccccc3)CC21. The number of hydrogen-bond donors (Lipinski definition) is 1. The fourth-order valence-electron chi connectivity index (χ4n) is 4.46. The Hall–Kier alpha value is -2.43. The number of ether oxygens (including phenoxy) is 1. The van der Waals surface area contributed by atoms with Crippen molar-refractivity contribution in [1.29, 1.82) is 5.26 Å². The number of amides is 2. The van der Waals surface area contributed by atoms with Gasteiger partial charge in [-0.2, -0.15) is 5.26 Å². The van der Waals surface area contributed by atoms with Crippen LogP contribution in [0.3, 0.4) is 0 Å². The van der Waals surface area contributed by atoms with Gasteiger partial charge < -0.3 is 19.9 Å². The first-order valence-electron chi connectivity index (χ1n) is 9.99. The van der Waals surface area contributed by atoms with Crippen molar-refractivity contribution in [2.45, 2.75) is 31.5 Å². The lowest BCUT2D eigenvalue weighted by Crippen LogP contribution is -2.43. The Kier molecular flexibility index (Phi) is 5.60. The van der Waals surface area contributed by atoms with Gasteiger partial charge >= 0.3 is 0 Å². The lowest BCUT2D eigenvalue weighted by atomic mass is 10.2. The highest BCUT2D eigenvalue weighted by Crippen LogP contribution is 2.45. The minimum absolute atomic E-state index is 0.0104. The topological polar surface area (TPSA) is 85.7 Å². The summed E-state index contributed by atoms with van der Waals surface area (Å²) in [6, 6.07) is 12.1. The normalized spacial score (nSPS) is 28.1. The second-order valence-corrected chi connectivity index (χ2v) is 7.89. The molecule has 0 radical (unpaired) electrons. The zero-order chi connectivity index (χ0) is 19.5. The molecular weight excluding hydrogens is 356 g/mol. The average Bonchev–Trinajstić information content (AvgIpc) is 3.10. The molecule has 28 heavy (non-hydrogen) atoms. The molecule has 1 aromatic carbocycles. The third-order valence-electron chi connectivity index (χ3n) is 6.09. The highest BCUT2D eigenvalue weighted by molar-refractivity contribution is 5.79. The minimum atomic E-state index is -0.267. The van der Waals surface area contributed by atoms with Crippen molar-refractivity contribution in [1.82, 2.24) is 15.1 Å². The number of carbonyl (C=O) groups is 2. The second-order valence-electron chi connectivity index (χ2n) is 7.89. The number of hydrogen-bond acceptors (Lipinski definition) is 5. The van der Waals surface area contributed by atoms with Gasteiger partial charge in [-0.05, 0) is 30.2 Å². The first-order valence-corrected chi connectivity index (χ1v) is 9.99. The minimum Gasteiger partial charge on any atom is -0.367 e. The molecule has 2 aliphatic heterocycles. The second kappa shape index (κ2) is 8.29. The Morgan fingerprint density at radius 1 is 1.18 bits per heavy atom. The number of carbonyl (C=O) groups excluding carboxylic acids is 2. The van der Waals surface area contributed by atoms with Crippen LogP contribution in [0.2, 0.25) is 0 Å². The zero-order valence-corrected chi connectivity index (χ0v) is 15.9. The Morgan fingerprint density at radius 2 is 1.93 bits per heavy atom. The third-order valence-corrected chi connectivity index (χ3v) is 6.09. The fraction of sp³-hybridized carbons (Fsp3) is 0.571. The lowest BCUT2D eigenvalue weighted by Gasteiger charge is -2.22. The van der Waals surface area contributed by atoms with Crippen LogP contribution in [0.1, 0.15) is 18.4 Å². The van der Waals surface area contributed by atoms with Crippen molar-refractivity contribution in [2.75, 3.05) is 32.8 Å². The molecule has 2 unspecified atom stereocenters. The third kappa shape index (κ3) is 4.03. The molecular formula is C21H26N4O3. The van der Waals surface area contributed by atoms with Gasteiger partial charge in [0.1, 0.15) is 12.6 Å². The van der Waals surface area contributed by atoms with E-state index >= 15 is 0 Å². The van der Waals surface area contributed by atoms with E-state index in [-0.39, 0.29) is 31.0 Å². The Morgan fingerprint density at radius 3 is 2.64 bits per heavy atom. The number of benzene rings is 1. The number of nitriles is 1. The molecule has 4 rings (SSSR count). The van der Waals surface area contributed by atoms with Gasteiger partial charge in [0.05, 0.1) is 19.2 Å². The summed E-state index contributed by atoms with van der Waals surface area (Å²) in [7, 11) is 0. The van der Waals surface area contributed by atoms with Crippen molar-refractivity contribution in [3.63, 3.8) is 0 Å². The molecule has 2 heterocycles. The van der Waals surface area contributed by atoms with Crippen molar-refractivity contribution in [2.24, 2.45) is 11.8 Å². The first kappa shape index (κ1) is 18.9. The molecule has 2 saturated heterocycles. The molecule has 7 heteroatoms. The van der Waals surface area contributed by atoms with E-state index in [0.29, 0.717) is 31.0 Å². The maximum atomic E-state index is 12.3. The molecule has 0 aromatic heterocycles. The molecule has 2 amide bonds. The van der Waals surface area contributed by atoms with Crippen LogP contribution in [0.25, 0.3) is 0 Å². The molecule has 0 spiro atoms. The Labute approximate surface area is 165 Å². The number of nitrogens with zero attached hydrogens (tertiary/aromatic N) is 3. The molecule has 3 aliphatic rings. The van der Waals surface area contributed by atoms with Gasteiger partial charge in [0.2, 0.25) is 11.8 Å². The summed E-state index contributed by atoms with van der Waals surface area (Å²) in [4.78, 5) is 28.2. The van der Waals surface area contributed by atoms with Gasteiger partial charge in [-0.15, -0.1) is 0 Å². The smallest absolute Gasteiger partial charge is 0.248 e. The molecule has 3 fully saturated rings. The van der Waals surface area contributed by atoms with Crippen LogP contribution in [0.15, 0.2) is 30.3 Å². The van der Waals surface area contributed by atoms with Crippen LogP contribution in [-0.2, 0) is 20.9 Å². The van der Waals surface area contributed by atoms with E-state index in [4.69, 9.17) is 10.00 Å². The van der Waals surface area contributed by atoms with E-state index in [9.17, 15) is 9.59 Å². The van der Waals surface area contributed by atoms with Crippen molar-refractivity contribution < 1.29 is 14.3 Å². The molecule has 1 aromatic rings. The summed E-state index contributed by atoms with van der Waals surface area (Å²) in [5.74, 6) is 0.899. The van der Waals surface area contributed by atoms with Crippen molar-refractivity contribution in [3.05, 3.63) is 35.9 Å². The van der Waals surface area contributed by atoms with E-state index in [1.807, 2.05) is 35.2 Å². The highest BCUT2D eigenvalue weighted by atomic mass is 16.5. The Balaban J connectivity index is 1.14. The summed E-state index contributed by atoms with van der Waals surface area (Å²) >= 11 is 0. The van der Waals surface area contributed by atoms with Crippen LogP contribution >= 0.6 is 0 Å². The number of likely N-dealkylation sites (tertiary alicyclic amines) is 2. The lowest BCUT2D eigenvalue weighted by molar-refractivity contribution is -0.136. The summed E-state index contributed by atoms with van der Waals surface area (Å²) in [6.45, 7) is 2.98. The van der Waals surface area contributed by atoms with Gasteiger partial charge in [-0.3, -0.25) is 9.59 Å². The quantitative estimate of drug-likeness (QED) is 0.753. The molecule has 1 saturated carbocycles. The monoisotopic (exact) mass is 382 g/mol. The summed E-state index contributed by atoms with van der Waals surface area (Å²) in [6.07, 6.45) is 1.68. The van der Waals surface area contributed by atoms with E-state index in [1.54, 1.807) is 4.90 Å². The van der Waals surface area contributed by atoms with Crippen LogP contribution < -0.4 is 5.32 Å². The summed E-state index contributed by atoms with van der Waals surface area (Å²) in [5.41, 5.74) is 1.06. The van der Waals surface area contributed by atoms with E-state index in [2.05, 4.69) is 11.4 Å². The van der Waals surface area contributed by atoms with Crippen LogP contribution in [-0.4, -0.2) is 66.5 Å². The van der Waals surface area contributed by atoms with Gasteiger partial charge in [0.15, 0.2) is 0 Å². The molecule has 1 aliphatic carbocycles. The van der Waals surface area contributed by atoms with Crippen molar-refractivity contribution in [3.8, 4) is 6.07 Å². The fourth-order valence-corrected chi connectivity index (χ4v) is 4.46. The van der Waals surface area contributed by atoms with Crippen molar-refractivity contribution >= 4 is 11.8 Å². The maximum Gasteiger partial charge on any atom is 0.248 e. The van der Waals surface area contributed by atoms with Gasteiger partial charge in [0, 0.05) is 25.7 Å². The Bertz CT molecular complexity index is 751. The predicted molar refractivity (Wildman–Crippen MR) is 102 cm³/mol. The molecule has 3 atom stereocenters. The largest absolute Gasteiger partial charge is 0.367 e. The number of fused-ring (bicyclic) bond motifs is 1. The van der Waals surface area contributed by atoms with Gasteiger partial charge in [-0.25, -0.2) is 0 Å². The number of piperidine rings is 1. The predicted octanol–water partition coefficient (Wildman–Crippen LogP) is 0.764. The van der Waals surface area contributed by atoms with Gasteiger partial charge in [-0.1, -0.05) is 30.3 Å².